The Morgan fingerprint density at radius 3 is 2.80 bits per heavy atom. The van der Waals surface area contributed by atoms with Crippen LogP contribution in [0.5, 0.6) is 0 Å². The Balaban J connectivity index is 1.94. The van der Waals surface area contributed by atoms with Crippen LogP contribution in [0, 0.1) is 11.3 Å². The van der Waals surface area contributed by atoms with Gasteiger partial charge < -0.3 is 11.1 Å². The van der Waals surface area contributed by atoms with Crippen LogP contribution in [0.3, 0.4) is 0 Å². The number of hydrogen-bond acceptors (Lipinski definition) is 4. The molecule has 0 aromatic carbocycles. The van der Waals surface area contributed by atoms with Crippen LogP contribution in [-0.4, -0.2) is 16.5 Å². The van der Waals surface area contributed by atoms with E-state index >= 15 is 0 Å². The standard InChI is InChI=1S/C10H15ClN4/c1-10(2)4-6(10)5-13-8-3-7(11)14-9(12)15-8/h3,6H,4-5H2,1-2H3,(H3,12,13,14,15). The van der Waals surface area contributed by atoms with Crippen molar-refractivity contribution >= 4 is 23.4 Å². The van der Waals surface area contributed by atoms with Gasteiger partial charge in [0.2, 0.25) is 5.95 Å². The molecule has 15 heavy (non-hydrogen) atoms. The molecule has 3 N–H and O–H groups in total. The Labute approximate surface area is 94.2 Å². The third-order valence-electron chi connectivity index (χ3n) is 2.96. The van der Waals surface area contributed by atoms with E-state index in [0.717, 1.165) is 6.54 Å². The molecule has 4 nitrogen and oxygen atoms in total. The highest BCUT2D eigenvalue weighted by molar-refractivity contribution is 6.29. The van der Waals surface area contributed by atoms with E-state index in [-0.39, 0.29) is 5.95 Å². The van der Waals surface area contributed by atoms with Crippen molar-refractivity contribution in [3.63, 3.8) is 0 Å². The van der Waals surface area contributed by atoms with Gasteiger partial charge in [-0.2, -0.15) is 4.98 Å². The highest BCUT2D eigenvalue weighted by atomic mass is 35.5. The molecule has 1 saturated carbocycles. The fourth-order valence-electron chi connectivity index (χ4n) is 1.68. The summed E-state index contributed by atoms with van der Waals surface area (Å²) in [5, 5.41) is 3.60. The van der Waals surface area contributed by atoms with Gasteiger partial charge in [-0.25, -0.2) is 4.98 Å². The van der Waals surface area contributed by atoms with E-state index in [0.29, 0.717) is 22.3 Å². The number of aromatic nitrogens is 2. The molecule has 0 aliphatic heterocycles. The smallest absolute Gasteiger partial charge is 0.223 e. The fraction of sp³-hybridized carbons (Fsp3) is 0.600. The Morgan fingerprint density at radius 2 is 2.27 bits per heavy atom. The molecule has 1 unspecified atom stereocenters. The summed E-state index contributed by atoms with van der Waals surface area (Å²) in [6, 6.07) is 1.69. The van der Waals surface area contributed by atoms with Crippen LogP contribution in [0.1, 0.15) is 20.3 Å². The lowest BCUT2D eigenvalue weighted by atomic mass is 10.1. The molecule has 1 aliphatic carbocycles. The zero-order chi connectivity index (χ0) is 11.1. The molecule has 82 valence electrons. The number of rotatable bonds is 3. The summed E-state index contributed by atoms with van der Waals surface area (Å²) in [7, 11) is 0. The molecular weight excluding hydrogens is 212 g/mol. The second kappa shape index (κ2) is 3.52. The lowest BCUT2D eigenvalue weighted by Crippen LogP contribution is -2.09. The molecule has 1 atom stereocenters. The zero-order valence-corrected chi connectivity index (χ0v) is 9.67. The van der Waals surface area contributed by atoms with E-state index in [2.05, 4.69) is 29.1 Å². The first-order valence-electron chi connectivity index (χ1n) is 5.01. The summed E-state index contributed by atoms with van der Waals surface area (Å²) in [6.45, 7) is 5.45. The molecule has 1 aromatic rings. The largest absolute Gasteiger partial charge is 0.370 e. The molecule has 0 amide bonds. The summed E-state index contributed by atoms with van der Waals surface area (Å²) in [4.78, 5) is 7.85. The van der Waals surface area contributed by atoms with Gasteiger partial charge in [-0.05, 0) is 17.8 Å². The first-order chi connectivity index (χ1) is 6.97. The SMILES string of the molecule is CC1(C)CC1CNc1cc(Cl)nc(N)n1. The maximum atomic E-state index is 5.77. The maximum Gasteiger partial charge on any atom is 0.223 e. The maximum absolute atomic E-state index is 5.77. The number of nitrogen functional groups attached to an aromatic ring is 1. The molecule has 0 spiro atoms. The van der Waals surface area contributed by atoms with Crippen molar-refractivity contribution in [3.05, 3.63) is 11.2 Å². The summed E-state index contributed by atoms with van der Waals surface area (Å²) in [5.74, 6) is 1.63. The Kier molecular flexibility index (Phi) is 2.46. The first kappa shape index (κ1) is 10.5. The normalized spacial score (nSPS) is 22.5. The average Bonchev–Trinajstić information content (AvgIpc) is 2.69. The van der Waals surface area contributed by atoms with E-state index in [1.165, 1.54) is 6.42 Å². The molecule has 0 saturated heterocycles. The predicted octanol–water partition coefficient (Wildman–Crippen LogP) is 2.17. The summed E-state index contributed by atoms with van der Waals surface area (Å²) >= 11 is 5.77. The van der Waals surface area contributed by atoms with Crippen LogP contribution in [-0.2, 0) is 0 Å². The number of nitrogens with one attached hydrogen (secondary N) is 1. The number of halogens is 1. The van der Waals surface area contributed by atoms with E-state index in [4.69, 9.17) is 17.3 Å². The van der Waals surface area contributed by atoms with Gasteiger partial charge in [-0.15, -0.1) is 0 Å². The zero-order valence-electron chi connectivity index (χ0n) is 8.92. The van der Waals surface area contributed by atoms with E-state index in [1.54, 1.807) is 6.07 Å². The van der Waals surface area contributed by atoms with E-state index < -0.39 is 0 Å². The molecule has 1 heterocycles. The first-order valence-corrected chi connectivity index (χ1v) is 5.39. The van der Waals surface area contributed by atoms with Gasteiger partial charge in [0.15, 0.2) is 0 Å². The van der Waals surface area contributed by atoms with Crippen molar-refractivity contribution < 1.29 is 0 Å². The predicted molar refractivity (Wildman–Crippen MR) is 61.8 cm³/mol. The third kappa shape index (κ3) is 2.50. The van der Waals surface area contributed by atoms with Gasteiger partial charge in [-0.1, -0.05) is 25.4 Å². The molecule has 0 radical (unpaired) electrons. The van der Waals surface area contributed by atoms with Gasteiger partial charge in [0.25, 0.3) is 0 Å². The second-order valence-electron chi connectivity index (χ2n) is 4.70. The number of hydrogen-bond donors (Lipinski definition) is 2. The van der Waals surface area contributed by atoms with Gasteiger partial charge in [0, 0.05) is 12.6 Å². The number of anilines is 2. The van der Waals surface area contributed by atoms with Gasteiger partial charge in [0.1, 0.15) is 11.0 Å². The van der Waals surface area contributed by atoms with Crippen LogP contribution in [0.15, 0.2) is 6.07 Å². The van der Waals surface area contributed by atoms with Crippen molar-refractivity contribution in [2.45, 2.75) is 20.3 Å². The van der Waals surface area contributed by atoms with Crippen LogP contribution in [0.2, 0.25) is 5.15 Å². The Bertz CT molecular complexity index is 357. The highest BCUT2D eigenvalue weighted by Crippen LogP contribution is 2.51. The van der Waals surface area contributed by atoms with Crippen LogP contribution < -0.4 is 11.1 Å². The average molecular weight is 227 g/mol. The van der Waals surface area contributed by atoms with Crippen molar-refractivity contribution in [2.24, 2.45) is 11.3 Å². The fourth-order valence-corrected chi connectivity index (χ4v) is 1.87. The lowest BCUT2D eigenvalue weighted by Gasteiger charge is -2.07. The molecule has 1 fully saturated rings. The summed E-state index contributed by atoms with van der Waals surface area (Å²) in [6.07, 6.45) is 1.26. The summed E-state index contributed by atoms with van der Waals surface area (Å²) in [5.41, 5.74) is 5.96. The van der Waals surface area contributed by atoms with Crippen LogP contribution >= 0.6 is 11.6 Å². The Hall–Kier alpha value is -1.03. The van der Waals surface area contributed by atoms with Gasteiger partial charge in [0.05, 0.1) is 0 Å². The topological polar surface area (TPSA) is 63.8 Å². The van der Waals surface area contributed by atoms with Crippen LogP contribution in [0.25, 0.3) is 0 Å². The van der Waals surface area contributed by atoms with Gasteiger partial charge in [-0.3, -0.25) is 0 Å². The molecule has 0 bridgehead atoms. The minimum atomic E-state index is 0.208. The van der Waals surface area contributed by atoms with Crippen molar-refractivity contribution in [1.82, 2.24) is 9.97 Å². The molecule has 5 heteroatoms. The van der Waals surface area contributed by atoms with Crippen molar-refractivity contribution in [1.29, 1.82) is 0 Å². The highest BCUT2D eigenvalue weighted by Gasteiger charge is 2.44. The number of nitrogens with two attached hydrogens (primary N) is 1. The monoisotopic (exact) mass is 226 g/mol. The Morgan fingerprint density at radius 1 is 1.60 bits per heavy atom. The minimum absolute atomic E-state index is 0.208. The van der Waals surface area contributed by atoms with Crippen LogP contribution in [0.4, 0.5) is 11.8 Å². The minimum Gasteiger partial charge on any atom is -0.370 e. The number of nitrogens with zero attached hydrogens (tertiary/aromatic N) is 2. The molecule has 1 aliphatic rings. The van der Waals surface area contributed by atoms with Gasteiger partial charge >= 0.3 is 0 Å². The van der Waals surface area contributed by atoms with Crippen molar-refractivity contribution in [2.75, 3.05) is 17.6 Å². The summed E-state index contributed by atoms with van der Waals surface area (Å²) < 4.78 is 0. The third-order valence-corrected chi connectivity index (χ3v) is 3.15. The van der Waals surface area contributed by atoms with Crippen molar-refractivity contribution in [3.8, 4) is 0 Å². The van der Waals surface area contributed by atoms with E-state index in [9.17, 15) is 0 Å². The quantitative estimate of drug-likeness (QED) is 0.776. The molecule has 2 rings (SSSR count). The molecular formula is C10H15ClN4. The molecule has 1 aromatic heterocycles. The van der Waals surface area contributed by atoms with E-state index in [1.807, 2.05) is 0 Å². The second-order valence-corrected chi connectivity index (χ2v) is 5.09. The lowest BCUT2D eigenvalue weighted by molar-refractivity contribution is 0.573.